The van der Waals surface area contributed by atoms with E-state index in [9.17, 15) is 0 Å². The van der Waals surface area contributed by atoms with E-state index in [1.165, 1.54) is 33.8 Å². The molecule has 1 saturated carbocycles. The molecule has 2 nitrogen and oxygen atoms in total. The Balaban J connectivity index is 2.14. The molecule has 3 rings (SSSR count). The van der Waals surface area contributed by atoms with Gasteiger partial charge in [0, 0.05) is 11.4 Å². The predicted octanol–water partition coefficient (Wildman–Crippen LogP) is 4.24. The molecule has 20 heavy (non-hydrogen) atoms. The van der Waals surface area contributed by atoms with Crippen molar-refractivity contribution in [3.05, 3.63) is 40.0 Å². The number of benzene rings is 1. The van der Waals surface area contributed by atoms with Gasteiger partial charge < -0.3 is 4.57 Å². The highest BCUT2D eigenvalue weighted by Crippen LogP contribution is 2.27. The fourth-order valence-corrected chi connectivity index (χ4v) is 3.55. The van der Waals surface area contributed by atoms with Gasteiger partial charge in [-0.15, -0.1) is 11.3 Å². The zero-order chi connectivity index (χ0) is 14.1. The van der Waals surface area contributed by atoms with E-state index in [2.05, 4.69) is 55.7 Å². The van der Waals surface area contributed by atoms with Crippen molar-refractivity contribution in [1.29, 1.82) is 0 Å². The Bertz CT molecular complexity index is 645. The molecule has 0 spiro atoms. The summed E-state index contributed by atoms with van der Waals surface area (Å²) in [6, 6.07) is 11.3. The molecule has 0 radical (unpaired) electrons. The molecule has 0 amide bonds. The summed E-state index contributed by atoms with van der Waals surface area (Å²) < 4.78 is 2.43. The first-order valence-electron chi connectivity index (χ1n) is 7.44. The average Bonchev–Trinajstić information content (AvgIpc) is 3.17. The Morgan fingerprint density at radius 1 is 1.25 bits per heavy atom. The van der Waals surface area contributed by atoms with Crippen molar-refractivity contribution >= 4 is 11.3 Å². The van der Waals surface area contributed by atoms with Crippen LogP contribution in [0.15, 0.2) is 35.3 Å². The van der Waals surface area contributed by atoms with Crippen LogP contribution in [-0.2, 0) is 6.54 Å². The van der Waals surface area contributed by atoms with Gasteiger partial charge in [0.2, 0.25) is 0 Å². The molecule has 1 aromatic heterocycles. The maximum Gasteiger partial charge on any atom is 0.185 e. The van der Waals surface area contributed by atoms with Gasteiger partial charge in [-0.25, -0.2) is 0 Å². The van der Waals surface area contributed by atoms with Gasteiger partial charge in [-0.3, -0.25) is 4.99 Å². The molecule has 1 heterocycles. The van der Waals surface area contributed by atoms with Crippen molar-refractivity contribution in [3.8, 4) is 11.3 Å². The van der Waals surface area contributed by atoms with Crippen LogP contribution in [-0.4, -0.2) is 10.6 Å². The first-order chi connectivity index (χ1) is 9.65. The number of rotatable bonds is 4. The number of thiazole rings is 1. The number of nitrogens with zero attached hydrogens (tertiary/aromatic N) is 2. The Labute approximate surface area is 124 Å². The second kappa shape index (κ2) is 5.57. The maximum absolute atomic E-state index is 4.91. The lowest BCUT2D eigenvalue weighted by atomic mass is 10.1. The first-order valence-corrected chi connectivity index (χ1v) is 8.26. The topological polar surface area (TPSA) is 17.3 Å². The second-order valence-corrected chi connectivity index (χ2v) is 7.20. The van der Waals surface area contributed by atoms with Gasteiger partial charge in [-0.2, -0.15) is 0 Å². The van der Waals surface area contributed by atoms with Crippen molar-refractivity contribution in [2.75, 3.05) is 0 Å². The highest BCUT2D eigenvalue weighted by Gasteiger charge is 2.21. The van der Waals surface area contributed by atoms with Crippen LogP contribution in [0.25, 0.3) is 11.3 Å². The molecule has 0 unspecified atom stereocenters. The van der Waals surface area contributed by atoms with Crippen LogP contribution < -0.4 is 4.80 Å². The molecule has 1 aliphatic carbocycles. The van der Waals surface area contributed by atoms with E-state index < -0.39 is 0 Å². The molecule has 106 valence electrons. The lowest BCUT2D eigenvalue weighted by Gasteiger charge is -2.12. The summed E-state index contributed by atoms with van der Waals surface area (Å²) >= 11 is 1.84. The van der Waals surface area contributed by atoms with E-state index in [-0.39, 0.29) is 0 Å². The highest BCUT2D eigenvalue weighted by atomic mass is 32.1. The lowest BCUT2D eigenvalue weighted by molar-refractivity contribution is 0.516. The molecule has 3 heteroatoms. The minimum Gasteiger partial charge on any atom is -0.316 e. The van der Waals surface area contributed by atoms with E-state index in [4.69, 9.17) is 4.99 Å². The first kappa shape index (κ1) is 13.6. The largest absolute Gasteiger partial charge is 0.316 e. The van der Waals surface area contributed by atoms with Crippen LogP contribution in [0.3, 0.4) is 0 Å². The van der Waals surface area contributed by atoms with Gasteiger partial charge in [-0.05, 0) is 31.2 Å². The van der Waals surface area contributed by atoms with Crippen LogP contribution in [0.2, 0.25) is 0 Å². The monoisotopic (exact) mass is 286 g/mol. The van der Waals surface area contributed by atoms with Gasteiger partial charge in [0.25, 0.3) is 0 Å². The minimum absolute atomic E-state index is 0.579. The van der Waals surface area contributed by atoms with Gasteiger partial charge in [0.15, 0.2) is 4.80 Å². The smallest absolute Gasteiger partial charge is 0.185 e. The van der Waals surface area contributed by atoms with Crippen molar-refractivity contribution in [1.82, 2.24) is 4.57 Å². The SMILES string of the molecule is Cc1sc(=NC2CC2)n(CC(C)C)c1-c1ccccc1. The fraction of sp³-hybridized carbons (Fsp3) is 0.471. The molecule has 1 aliphatic rings. The third-order valence-corrected chi connectivity index (χ3v) is 4.52. The van der Waals surface area contributed by atoms with Crippen LogP contribution in [0, 0.1) is 12.8 Å². The average molecular weight is 286 g/mol. The van der Waals surface area contributed by atoms with E-state index in [1.807, 2.05) is 11.3 Å². The molecule has 1 fully saturated rings. The van der Waals surface area contributed by atoms with Gasteiger partial charge in [0.1, 0.15) is 0 Å². The number of aromatic nitrogens is 1. The third-order valence-electron chi connectivity index (χ3n) is 3.51. The van der Waals surface area contributed by atoms with E-state index in [0.717, 1.165) is 6.54 Å². The van der Waals surface area contributed by atoms with Crippen LogP contribution >= 0.6 is 11.3 Å². The summed E-state index contributed by atoms with van der Waals surface area (Å²) in [4.78, 5) is 7.49. The summed E-state index contributed by atoms with van der Waals surface area (Å²) in [5.41, 5.74) is 2.66. The lowest BCUT2D eigenvalue weighted by Crippen LogP contribution is -2.19. The van der Waals surface area contributed by atoms with Crippen LogP contribution in [0.5, 0.6) is 0 Å². The molecule has 1 aromatic carbocycles. The molecule has 0 atom stereocenters. The number of hydrogen-bond donors (Lipinski definition) is 0. The maximum atomic E-state index is 4.91. The van der Waals surface area contributed by atoms with E-state index in [1.54, 1.807) is 0 Å². The number of hydrogen-bond acceptors (Lipinski definition) is 2. The predicted molar refractivity (Wildman–Crippen MR) is 85.9 cm³/mol. The standard InChI is InChI=1S/C17H22N2S/c1-12(2)11-19-16(14-7-5-4-6-8-14)13(3)20-17(19)18-15-9-10-15/h4-8,12,15H,9-11H2,1-3H3. The summed E-state index contributed by atoms with van der Waals surface area (Å²) in [6.45, 7) is 7.81. The summed E-state index contributed by atoms with van der Waals surface area (Å²) in [5, 5.41) is 0. The van der Waals surface area contributed by atoms with Gasteiger partial charge >= 0.3 is 0 Å². The number of aryl methyl sites for hydroxylation is 1. The molecule has 2 aromatic rings. The minimum atomic E-state index is 0.579. The van der Waals surface area contributed by atoms with Crippen molar-refractivity contribution < 1.29 is 0 Å². The molecule has 0 saturated heterocycles. The summed E-state index contributed by atoms with van der Waals surface area (Å²) in [7, 11) is 0. The molecular weight excluding hydrogens is 264 g/mol. The van der Waals surface area contributed by atoms with E-state index >= 15 is 0 Å². The van der Waals surface area contributed by atoms with E-state index in [0.29, 0.717) is 12.0 Å². The molecule has 0 N–H and O–H groups in total. The Morgan fingerprint density at radius 2 is 1.95 bits per heavy atom. The quantitative estimate of drug-likeness (QED) is 0.800. The normalized spacial score (nSPS) is 16.1. The Kier molecular flexibility index (Phi) is 3.79. The van der Waals surface area contributed by atoms with Gasteiger partial charge in [0.05, 0.1) is 11.7 Å². The van der Waals surface area contributed by atoms with Gasteiger partial charge in [-0.1, -0.05) is 44.2 Å². The van der Waals surface area contributed by atoms with Crippen molar-refractivity contribution in [3.63, 3.8) is 0 Å². The van der Waals surface area contributed by atoms with Crippen LogP contribution in [0.1, 0.15) is 31.6 Å². The summed E-state index contributed by atoms with van der Waals surface area (Å²) in [6.07, 6.45) is 2.53. The van der Waals surface area contributed by atoms with Crippen molar-refractivity contribution in [2.24, 2.45) is 10.9 Å². The molecule has 0 aliphatic heterocycles. The summed E-state index contributed by atoms with van der Waals surface area (Å²) in [5.74, 6) is 0.629. The van der Waals surface area contributed by atoms with Crippen molar-refractivity contribution in [2.45, 2.75) is 46.2 Å². The second-order valence-electron chi connectivity index (χ2n) is 6.02. The fourth-order valence-electron chi connectivity index (χ4n) is 2.47. The highest BCUT2D eigenvalue weighted by molar-refractivity contribution is 7.09. The Hall–Kier alpha value is -1.35. The Morgan fingerprint density at radius 3 is 2.55 bits per heavy atom. The zero-order valence-corrected chi connectivity index (χ0v) is 13.3. The zero-order valence-electron chi connectivity index (χ0n) is 12.5. The molecular formula is C17H22N2S. The molecule has 0 bridgehead atoms. The third kappa shape index (κ3) is 2.88. The van der Waals surface area contributed by atoms with Crippen LogP contribution in [0.4, 0.5) is 0 Å².